The Morgan fingerprint density at radius 2 is 0.243 bits per heavy atom. The lowest BCUT2D eigenvalue weighted by molar-refractivity contribution is -0.160. The van der Waals surface area contributed by atoms with Crippen LogP contribution in [0.15, 0.2) is 0 Å². The first-order chi connectivity index (χ1) is 36.2. The topological polar surface area (TPSA) is 149 Å². The third kappa shape index (κ3) is 1.27. The van der Waals surface area contributed by atoms with Crippen molar-refractivity contribution < 1.29 is 39.6 Å². The van der Waals surface area contributed by atoms with Crippen LogP contribution in [0, 0.1) is 10.8 Å². The van der Waals surface area contributed by atoms with Gasteiger partial charge in [-0.25, -0.2) is 0 Å². The van der Waals surface area contributed by atoms with Crippen LogP contribution in [0.5, 0.6) is 0 Å². The van der Waals surface area contributed by atoms with Gasteiger partial charge in [0.2, 0.25) is 0 Å². The van der Waals surface area contributed by atoms with Crippen LogP contribution < -0.4 is 0 Å². The van der Waals surface area contributed by atoms with Gasteiger partial charge in [-0.2, -0.15) is 0 Å². The highest BCUT2D eigenvalue weighted by molar-refractivity contribution is 6.78. The van der Waals surface area contributed by atoms with Crippen LogP contribution in [0.25, 0.3) is 259 Å². The molecule has 4 spiro atoms. The molecule has 316 valence electrons. The molecule has 10 aliphatic rings. The maximum Gasteiger partial charge on any atom is 0.323 e. The smallest absolute Gasteiger partial charge is 0.323 e. The van der Waals surface area contributed by atoms with Gasteiger partial charge in [0.15, 0.2) is 10.8 Å². The van der Waals surface area contributed by atoms with E-state index in [1.165, 1.54) is 64.6 Å². The Labute approximate surface area is 397 Å². The molecule has 2 fully saturated rings. The fourth-order valence-corrected chi connectivity index (χ4v) is 28.1. The molecule has 24 aromatic rings. The second-order valence-electron chi connectivity index (χ2n) is 26.7. The van der Waals surface area contributed by atoms with Crippen molar-refractivity contribution in [2.75, 3.05) is 0 Å². The van der Waals surface area contributed by atoms with Gasteiger partial charge in [0, 0.05) is 0 Å². The molecule has 8 heteroatoms. The van der Waals surface area contributed by atoms with Gasteiger partial charge >= 0.3 is 23.9 Å². The van der Waals surface area contributed by atoms with E-state index in [0.717, 1.165) is 238 Å². The highest BCUT2D eigenvalue weighted by Crippen LogP contribution is 2.99. The Morgan fingerprint density at radius 1 is 0.162 bits per heavy atom. The van der Waals surface area contributed by atoms with Gasteiger partial charge in [-0.15, -0.1) is 0 Å². The highest BCUT2D eigenvalue weighted by Gasteiger charge is 3.03. The number of carbonyl (C=O) groups is 4. The fraction of sp³-hybridized carbons (Fsp3) is 0.0909. The average Bonchev–Trinajstić information content (AvgIpc) is 2.09. The SMILES string of the molecule is O=C(O)C1(C(=O)O)C23c4c5c6c7c8c9c(c%10c%11c2c2c4c4c%12c5c5c6c6c8c8c%13c%14c%15c%16c%17c%18c%19c%20c%21c%22c%23c(c%14c%14c%24c%23c%23c%22c%22c%20c(c2c%22c%11c%23c%10c%24c9c%148)c4c%19c%12c%17c5c%16c%136)C%152C(C(=O)O)(C(=O)O)C%18%212)C713. The number of carboxylic acid groups (broad SMARTS) is 4. The van der Waals surface area contributed by atoms with Gasteiger partial charge in [-0.1, -0.05) is 0 Å². The summed E-state index contributed by atoms with van der Waals surface area (Å²) in [6.07, 6.45) is 0. The first kappa shape index (κ1) is 28.0. The Kier molecular flexibility index (Phi) is 2.21. The van der Waals surface area contributed by atoms with E-state index in [1.54, 1.807) is 0 Å². The van der Waals surface area contributed by atoms with Gasteiger partial charge in [0.05, 0.1) is 21.7 Å². The number of hydrogen-bond acceptors (Lipinski definition) is 4. The van der Waals surface area contributed by atoms with E-state index in [1.807, 2.05) is 0 Å². The standard InChI is InChI=1S/C66H4O8/c67-57(68)65(58(69)70)61-49-33-17-1-2-18-9(17)10-19-5-6-20(10)36-34(18)50-42-26(2)14-13-25(1)41(49)43-27(13)3-4-22-11-12-23-7-8-24(12)40-39(22)54(44(42)28(4)14)64-56(40)48-32(8)16(30(6)47(48)53(36)62(50,64)66(64,59(71)72)60(73)74)15-29(5)45(51(61)35(19)33)46(31(7)15)55-38(23)37(21(3)11)52(43)63(55,61)65/h(H,67,68)(H,69,70)(H,71,72)(H,73,74). The summed E-state index contributed by atoms with van der Waals surface area (Å²) in [5, 5.41) is 105. The van der Waals surface area contributed by atoms with Gasteiger partial charge in [-0.05, 0) is 303 Å². The summed E-state index contributed by atoms with van der Waals surface area (Å²) in [4.78, 5) is 62.1. The second-order valence-corrected chi connectivity index (χ2v) is 26.7. The van der Waals surface area contributed by atoms with E-state index in [2.05, 4.69) is 0 Å². The number of aliphatic carboxylic acids is 4. The molecule has 10 aliphatic carbocycles. The molecule has 0 unspecified atom stereocenters. The number of carboxylic acids is 4. The monoisotopic (exact) mass is 924 g/mol. The molecule has 34 rings (SSSR count). The quantitative estimate of drug-likeness (QED) is 0.101. The van der Waals surface area contributed by atoms with Gasteiger partial charge < -0.3 is 20.4 Å². The molecule has 0 amide bonds. The zero-order chi connectivity index (χ0) is 45.6. The van der Waals surface area contributed by atoms with E-state index in [9.17, 15) is 20.4 Å². The van der Waals surface area contributed by atoms with Crippen molar-refractivity contribution in [3.05, 3.63) is 44.5 Å². The van der Waals surface area contributed by atoms with E-state index in [4.69, 9.17) is 0 Å². The van der Waals surface area contributed by atoms with Crippen molar-refractivity contribution in [1.82, 2.24) is 0 Å². The molecule has 0 aliphatic heterocycles. The summed E-state index contributed by atoms with van der Waals surface area (Å²) in [7, 11) is 0. The van der Waals surface area contributed by atoms with Crippen LogP contribution in [0.2, 0.25) is 0 Å². The molecular formula is C66H4O8. The summed E-state index contributed by atoms with van der Waals surface area (Å²) in [5.41, 5.74) is -2.64. The van der Waals surface area contributed by atoms with Crippen molar-refractivity contribution in [2.45, 2.75) is 21.7 Å². The number of rotatable bonds is 4. The van der Waals surface area contributed by atoms with Gasteiger partial charge in [0.25, 0.3) is 0 Å². The molecule has 0 radical (unpaired) electrons. The molecule has 74 heavy (non-hydrogen) atoms. The minimum Gasteiger partial charge on any atom is -0.480 e. The van der Waals surface area contributed by atoms with Crippen LogP contribution in [0.1, 0.15) is 44.5 Å². The summed E-state index contributed by atoms with van der Waals surface area (Å²) in [5.74, 6) is -4.99. The molecule has 0 saturated heterocycles. The van der Waals surface area contributed by atoms with Crippen LogP contribution in [-0.2, 0) is 40.8 Å². The van der Waals surface area contributed by atoms with Crippen molar-refractivity contribution in [3.63, 3.8) is 0 Å². The summed E-state index contributed by atoms with van der Waals surface area (Å²) >= 11 is 0. The predicted molar refractivity (Wildman–Crippen MR) is 282 cm³/mol. The van der Waals surface area contributed by atoms with Crippen molar-refractivity contribution >= 4 is 282 Å². The lowest BCUT2D eigenvalue weighted by atomic mass is 9.67. The lowest BCUT2D eigenvalue weighted by Crippen LogP contribution is -2.35. The highest BCUT2D eigenvalue weighted by atomic mass is 16.4. The third-order valence-corrected chi connectivity index (χ3v) is 27.5. The van der Waals surface area contributed by atoms with Crippen LogP contribution >= 0.6 is 0 Å². The molecule has 0 bridgehead atoms. The van der Waals surface area contributed by atoms with E-state index in [0.29, 0.717) is 0 Å². The maximum absolute atomic E-state index is 15.5. The largest absolute Gasteiger partial charge is 0.480 e. The molecule has 8 nitrogen and oxygen atoms in total. The summed E-state index contributed by atoms with van der Waals surface area (Å²) in [6, 6.07) is 0. The predicted octanol–water partition coefficient (Wildman–Crippen LogP) is 13.2. The number of hydrogen-bond donors (Lipinski definition) is 4. The Balaban J connectivity index is 1.18. The molecule has 4 N–H and O–H groups in total. The van der Waals surface area contributed by atoms with Crippen molar-refractivity contribution in [1.29, 1.82) is 0 Å². The Hall–Kier alpha value is -9.40. The molecular weight excluding hydrogens is 921 g/mol. The van der Waals surface area contributed by atoms with Crippen molar-refractivity contribution in [2.24, 2.45) is 10.8 Å². The second kappa shape index (κ2) is 5.84. The first-order valence-corrected chi connectivity index (χ1v) is 26.2. The van der Waals surface area contributed by atoms with Crippen LogP contribution in [0.3, 0.4) is 0 Å². The molecule has 0 heterocycles. The van der Waals surface area contributed by atoms with E-state index in [-0.39, 0.29) is 0 Å². The minimum atomic E-state index is -2.24. The van der Waals surface area contributed by atoms with E-state index < -0.39 is 56.4 Å². The molecule has 0 aromatic heterocycles. The molecule has 0 atom stereocenters. The summed E-state index contributed by atoms with van der Waals surface area (Å²) < 4.78 is 0. The zero-order valence-corrected chi connectivity index (χ0v) is 36.4. The Morgan fingerprint density at radius 3 is 0.324 bits per heavy atom. The maximum atomic E-state index is 15.5. The molecule has 24 aromatic carbocycles. The minimum absolute atomic E-state index is 0.947. The molecule has 2 saturated carbocycles. The lowest BCUT2D eigenvalue weighted by Gasteiger charge is -2.32. The van der Waals surface area contributed by atoms with Crippen LogP contribution in [0.4, 0.5) is 0 Å². The van der Waals surface area contributed by atoms with Gasteiger partial charge in [0.1, 0.15) is 0 Å². The fourth-order valence-electron chi connectivity index (χ4n) is 28.1. The number of benzene rings is 16. The first-order valence-electron chi connectivity index (χ1n) is 26.2. The van der Waals surface area contributed by atoms with Crippen molar-refractivity contribution in [3.8, 4) is 0 Å². The third-order valence-electron chi connectivity index (χ3n) is 27.5. The van der Waals surface area contributed by atoms with E-state index >= 15 is 19.2 Å². The van der Waals surface area contributed by atoms with Crippen LogP contribution in [-0.4, -0.2) is 44.3 Å². The van der Waals surface area contributed by atoms with Gasteiger partial charge in [-0.3, -0.25) is 19.2 Å². The Bertz CT molecular complexity index is 6400. The summed E-state index contributed by atoms with van der Waals surface area (Å²) in [6.45, 7) is 0. The normalized spacial score (nSPS) is 22.6. The average molecular weight is 925 g/mol. The zero-order valence-electron chi connectivity index (χ0n) is 36.4.